The average Bonchev–Trinajstić information content (AvgIpc) is 2.81. The van der Waals surface area contributed by atoms with E-state index in [1.807, 2.05) is 25.1 Å². The van der Waals surface area contributed by atoms with Crippen LogP contribution in [0.1, 0.15) is 24.1 Å². The van der Waals surface area contributed by atoms with Gasteiger partial charge in [0.25, 0.3) is 5.91 Å². The third kappa shape index (κ3) is 3.79. The van der Waals surface area contributed by atoms with Gasteiger partial charge in [-0.05, 0) is 31.2 Å². The van der Waals surface area contributed by atoms with Crippen molar-refractivity contribution in [3.63, 3.8) is 0 Å². The van der Waals surface area contributed by atoms with Crippen LogP contribution in [0.5, 0.6) is 5.75 Å². The van der Waals surface area contributed by atoms with E-state index in [9.17, 15) is 9.59 Å². The van der Waals surface area contributed by atoms with E-state index in [2.05, 4.69) is 5.32 Å². The first-order valence-corrected chi connectivity index (χ1v) is 8.89. The highest BCUT2D eigenvalue weighted by atomic mass is 35.5. The van der Waals surface area contributed by atoms with E-state index in [0.717, 1.165) is 16.8 Å². The molecule has 0 unspecified atom stereocenters. The Morgan fingerprint density at radius 2 is 2.00 bits per heavy atom. The second-order valence-electron chi connectivity index (χ2n) is 6.11. The second kappa shape index (κ2) is 7.56. The molecule has 0 aliphatic carbocycles. The Kier molecular flexibility index (Phi) is 5.39. The minimum absolute atomic E-state index is 0.174. The molecule has 0 aromatic heterocycles. The predicted octanol–water partition coefficient (Wildman–Crippen LogP) is 3.90. The normalized spacial score (nSPS) is 15.8. The zero-order chi connectivity index (χ0) is 18.8. The van der Waals surface area contributed by atoms with Crippen LogP contribution in [0.15, 0.2) is 36.4 Å². The number of hydrogen-bond donors (Lipinski definition) is 1. The molecule has 136 valence electrons. The molecular formula is C19H18Cl2N2O3. The zero-order valence-electron chi connectivity index (χ0n) is 14.4. The Bertz CT molecular complexity index is 870. The molecule has 0 fully saturated rings. The number of carbonyl (C=O) groups excluding carboxylic acids is 2. The van der Waals surface area contributed by atoms with Crippen LogP contribution < -0.4 is 15.0 Å². The number of amides is 2. The van der Waals surface area contributed by atoms with E-state index in [4.69, 9.17) is 27.9 Å². The van der Waals surface area contributed by atoms with Crippen LogP contribution >= 0.6 is 23.2 Å². The van der Waals surface area contributed by atoms with Crippen LogP contribution in [0.25, 0.3) is 0 Å². The van der Waals surface area contributed by atoms with E-state index in [-0.39, 0.29) is 18.4 Å². The summed E-state index contributed by atoms with van der Waals surface area (Å²) in [5, 5.41) is 3.66. The summed E-state index contributed by atoms with van der Waals surface area (Å²) >= 11 is 12.0. The minimum Gasteiger partial charge on any atom is -0.490 e. The highest BCUT2D eigenvalue weighted by Crippen LogP contribution is 2.36. The first-order valence-electron chi connectivity index (χ1n) is 8.13. The average molecular weight is 393 g/mol. The number of anilines is 1. The summed E-state index contributed by atoms with van der Waals surface area (Å²) in [4.78, 5) is 25.9. The van der Waals surface area contributed by atoms with E-state index in [0.29, 0.717) is 22.3 Å². The lowest BCUT2D eigenvalue weighted by atomic mass is 10.1. The molecule has 2 aromatic rings. The largest absolute Gasteiger partial charge is 0.490 e. The van der Waals surface area contributed by atoms with Gasteiger partial charge in [-0.15, -0.1) is 0 Å². The molecule has 0 saturated heterocycles. The highest BCUT2D eigenvalue weighted by Gasteiger charge is 2.37. The molecule has 26 heavy (non-hydrogen) atoms. The van der Waals surface area contributed by atoms with E-state index >= 15 is 0 Å². The Morgan fingerprint density at radius 3 is 2.69 bits per heavy atom. The molecule has 0 saturated carbocycles. The van der Waals surface area contributed by atoms with E-state index in [1.54, 1.807) is 23.1 Å². The van der Waals surface area contributed by atoms with Crippen molar-refractivity contribution in [1.82, 2.24) is 5.32 Å². The molecule has 1 heterocycles. The van der Waals surface area contributed by atoms with Crippen molar-refractivity contribution in [3.8, 4) is 5.75 Å². The smallest absolute Gasteiger partial charge is 0.254 e. The summed E-state index contributed by atoms with van der Waals surface area (Å²) in [5.41, 5.74) is 2.61. The first-order chi connectivity index (χ1) is 12.4. The maximum absolute atomic E-state index is 12.8. The lowest BCUT2D eigenvalue weighted by molar-refractivity contribution is -0.126. The van der Waals surface area contributed by atoms with Gasteiger partial charge in [0.05, 0.1) is 11.6 Å². The lowest BCUT2D eigenvalue weighted by Crippen LogP contribution is -2.38. The molecule has 1 aliphatic rings. The van der Waals surface area contributed by atoms with Gasteiger partial charge in [-0.2, -0.15) is 0 Å². The molecule has 1 N–H and O–H groups in total. The SMILES string of the molecule is CC(=O)N[C@H]1C(=O)N(CCOc2ccc(Cl)cc2Cl)c2ccc(C)cc21. The maximum atomic E-state index is 12.8. The summed E-state index contributed by atoms with van der Waals surface area (Å²) < 4.78 is 5.69. The number of fused-ring (bicyclic) bond motifs is 1. The van der Waals surface area contributed by atoms with Gasteiger partial charge in [0.2, 0.25) is 5.91 Å². The van der Waals surface area contributed by atoms with Gasteiger partial charge in [0.1, 0.15) is 18.4 Å². The van der Waals surface area contributed by atoms with Crippen LogP contribution in [0.4, 0.5) is 5.69 Å². The highest BCUT2D eigenvalue weighted by molar-refractivity contribution is 6.35. The van der Waals surface area contributed by atoms with Gasteiger partial charge in [0, 0.05) is 23.2 Å². The van der Waals surface area contributed by atoms with Crippen molar-refractivity contribution < 1.29 is 14.3 Å². The molecule has 5 nitrogen and oxygen atoms in total. The molecule has 1 aliphatic heterocycles. The van der Waals surface area contributed by atoms with Gasteiger partial charge in [-0.25, -0.2) is 0 Å². The summed E-state index contributed by atoms with van der Waals surface area (Å²) in [5.74, 6) is 0.0821. The molecule has 7 heteroatoms. The third-order valence-electron chi connectivity index (χ3n) is 4.11. The topological polar surface area (TPSA) is 58.6 Å². The van der Waals surface area contributed by atoms with Crippen LogP contribution in [-0.4, -0.2) is 25.0 Å². The monoisotopic (exact) mass is 392 g/mol. The van der Waals surface area contributed by atoms with Crippen LogP contribution in [0.3, 0.4) is 0 Å². The summed E-state index contributed by atoms with van der Waals surface area (Å²) in [6.07, 6.45) is 0. The van der Waals surface area contributed by atoms with E-state index < -0.39 is 6.04 Å². The van der Waals surface area contributed by atoms with Gasteiger partial charge < -0.3 is 15.0 Å². The first kappa shape index (κ1) is 18.5. The number of nitrogens with one attached hydrogen (secondary N) is 1. The fourth-order valence-corrected chi connectivity index (χ4v) is 3.43. The fourth-order valence-electron chi connectivity index (χ4n) is 2.97. The third-order valence-corrected chi connectivity index (χ3v) is 4.64. The number of carbonyl (C=O) groups is 2. The molecule has 1 atom stereocenters. The van der Waals surface area contributed by atoms with Crippen molar-refractivity contribution in [3.05, 3.63) is 57.6 Å². The number of nitrogens with zero attached hydrogens (tertiary/aromatic N) is 1. The van der Waals surface area contributed by atoms with Crippen molar-refractivity contribution in [2.24, 2.45) is 0 Å². The van der Waals surface area contributed by atoms with Crippen LogP contribution in [0.2, 0.25) is 10.0 Å². The van der Waals surface area contributed by atoms with Gasteiger partial charge in [-0.3, -0.25) is 9.59 Å². The number of benzene rings is 2. The summed E-state index contributed by atoms with van der Waals surface area (Å²) in [7, 11) is 0. The van der Waals surface area contributed by atoms with Crippen molar-refractivity contribution in [2.75, 3.05) is 18.1 Å². The van der Waals surface area contributed by atoms with Gasteiger partial charge >= 0.3 is 0 Å². The Morgan fingerprint density at radius 1 is 1.23 bits per heavy atom. The predicted molar refractivity (Wildman–Crippen MR) is 102 cm³/mol. The maximum Gasteiger partial charge on any atom is 0.254 e. The molecular weight excluding hydrogens is 375 g/mol. The van der Waals surface area contributed by atoms with Crippen LogP contribution in [-0.2, 0) is 9.59 Å². The molecule has 2 aromatic carbocycles. The van der Waals surface area contributed by atoms with E-state index in [1.165, 1.54) is 6.92 Å². The summed E-state index contributed by atoms with van der Waals surface area (Å²) in [6, 6.07) is 10.1. The van der Waals surface area contributed by atoms with Crippen molar-refractivity contribution in [1.29, 1.82) is 0 Å². The number of ether oxygens (including phenoxy) is 1. The molecule has 3 rings (SSSR count). The molecule has 0 spiro atoms. The Balaban J connectivity index is 1.75. The number of halogens is 2. The Hall–Kier alpha value is -2.24. The number of aryl methyl sites for hydroxylation is 1. The van der Waals surface area contributed by atoms with Crippen molar-refractivity contribution in [2.45, 2.75) is 19.9 Å². The fraction of sp³-hybridized carbons (Fsp3) is 0.263. The molecule has 2 amide bonds. The number of hydrogen-bond acceptors (Lipinski definition) is 3. The standard InChI is InChI=1S/C19H18Cl2N2O3/c1-11-3-5-16-14(9-11)18(22-12(2)24)19(25)23(16)7-8-26-17-6-4-13(20)10-15(17)21/h3-6,9-10,18H,7-8H2,1-2H3,(H,22,24)/t18-/m1/s1. The second-order valence-corrected chi connectivity index (χ2v) is 6.95. The van der Waals surface area contributed by atoms with Crippen molar-refractivity contribution >= 4 is 40.7 Å². The Labute approximate surface area is 161 Å². The van der Waals surface area contributed by atoms with Gasteiger partial charge in [0.15, 0.2) is 0 Å². The zero-order valence-corrected chi connectivity index (χ0v) is 15.9. The van der Waals surface area contributed by atoms with Crippen LogP contribution in [0, 0.1) is 6.92 Å². The minimum atomic E-state index is -0.665. The lowest BCUT2D eigenvalue weighted by Gasteiger charge is -2.18. The van der Waals surface area contributed by atoms with Gasteiger partial charge in [-0.1, -0.05) is 40.9 Å². The molecule has 0 bridgehead atoms. The summed E-state index contributed by atoms with van der Waals surface area (Å²) in [6.45, 7) is 3.94. The quantitative estimate of drug-likeness (QED) is 0.838. The number of rotatable bonds is 5. The molecule has 0 radical (unpaired) electrons.